The van der Waals surface area contributed by atoms with E-state index in [-0.39, 0.29) is 16.4 Å². The van der Waals surface area contributed by atoms with Crippen LogP contribution in [0.4, 0.5) is 10.1 Å². The molecule has 3 nitrogen and oxygen atoms in total. The van der Waals surface area contributed by atoms with Crippen LogP contribution >= 0.6 is 0 Å². The predicted molar refractivity (Wildman–Crippen MR) is 67.0 cm³/mol. The molecule has 2 aromatic carbocycles. The van der Waals surface area contributed by atoms with Crippen molar-refractivity contribution in [2.24, 2.45) is 0 Å². The van der Waals surface area contributed by atoms with Crippen molar-refractivity contribution in [3.63, 3.8) is 0 Å². The number of aryl methyl sites for hydroxylation is 1. The van der Waals surface area contributed by atoms with E-state index in [2.05, 4.69) is 0 Å². The van der Waals surface area contributed by atoms with Crippen molar-refractivity contribution in [3.05, 3.63) is 75.1 Å². The SMILES string of the molecule is Cc1ccc(Cc2ccc(F)cc2)c([N+](=O)[O-])c1. The van der Waals surface area contributed by atoms with Crippen LogP contribution in [0.2, 0.25) is 0 Å². The molecule has 0 fully saturated rings. The molecule has 0 saturated carbocycles. The fourth-order valence-corrected chi connectivity index (χ4v) is 1.82. The Hall–Kier alpha value is -2.23. The number of rotatable bonds is 3. The Bertz CT molecular complexity index is 579. The molecule has 0 N–H and O–H groups in total. The van der Waals surface area contributed by atoms with Crippen LogP contribution in [-0.4, -0.2) is 4.92 Å². The molecule has 2 rings (SSSR count). The molecule has 0 spiro atoms. The first-order valence-corrected chi connectivity index (χ1v) is 5.54. The van der Waals surface area contributed by atoms with E-state index < -0.39 is 0 Å². The van der Waals surface area contributed by atoms with Gasteiger partial charge in [0, 0.05) is 18.1 Å². The summed E-state index contributed by atoms with van der Waals surface area (Å²) in [6.07, 6.45) is 0.427. The Morgan fingerprint density at radius 3 is 2.44 bits per heavy atom. The van der Waals surface area contributed by atoms with Crippen LogP contribution in [0.25, 0.3) is 0 Å². The van der Waals surface area contributed by atoms with Gasteiger partial charge in [0.1, 0.15) is 5.82 Å². The summed E-state index contributed by atoms with van der Waals surface area (Å²) >= 11 is 0. The van der Waals surface area contributed by atoms with E-state index in [9.17, 15) is 14.5 Å². The minimum Gasteiger partial charge on any atom is -0.258 e. The largest absolute Gasteiger partial charge is 0.273 e. The maximum Gasteiger partial charge on any atom is 0.273 e. The Balaban J connectivity index is 2.34. The van der Waals surface area contributed by atoms with Crippen molar-refractivity contribution in [2.45, 2.75) is 13.3 Å². The minimum atomic E-state index is -0.383. The Labute approximate surface area is 104 Å². The third-order valence-electron chi connectivity index (χ3n) is 2.75. The molecule has 0 bridgehead atoms. The predicted octanol–water partition coefficient (Wildman–Crippen LogP) is 3.63. The van der Waals surface area contributed by atoms with Crippen LogP contribution in [-0.2, 0) is 6.42 Å². The number of halogens is 1. The van der Waals surface area contributed by atoms with Gasteiger partial charge >= 0.3 is 0 Å². The maximum absolute atomic E-state index is 12.8. The maximum atomic E-state index is 12.8. The van der Waals surface area contributed by atoms with E-state index in [0.29, 0.717) is 12.0 Å². The molecular weight excluding hydrogens is 233 g/mol. The van der Waals surface area contributed by atoms with Crippen molar-refractivity contribution in [3.8, 4) is 0 Å². The van der Waals surface area contributed by atoms with Crippen molar-refractivity contribution < 1.29 is 9.31 Å². The van der Waals surface area contributed by atoms with E-state index in [1.165, 1.54) is 12.1 Å². The van der Waals surface area contributed by atoms with Crippen LogP contribution < -0.4 is 0 Å². The highest BCUT2D eigenvalue weighted by atomic mass is 19.1. The summed E-state index contributed by atoms with van der Waals surface area (Å²) in [7, 11) is 0. The summed E-state index contributed by atoms with van der Waals surface area (Å²) < 4.78 is 12.8. The van der Waals surface area contributed by atoms with E-state index in [1.54, 1.807) is 24.3 Å². The van der Waals surface area contributed by atoms with Gasteiger partial charge < -0.3 is 0 Å². The van der Waals surface area contributed by atoms with Gasteiger partial charge in [0.2, 0.25) is 0 Å². The normalized spacial score (nSPS) is 10.3. The lowest BCUT2D eigenvalue weighted by Crippen LogP contribution is -1.97. The first-order valence-electron chi connectivity index (χ1n) is 5.54. The molecule has 0 aromatic heterocycles. The van der Waals surface area contributed by atoms with Gasteiger partial charge in [-0.3, -0.25) is 10.1 Å². The molecule has 0 radical (unpaired) electrons. The number of nitro groups is 1. The highest BCUT2D eigenvalue weighted by Gasteiger charge is 2.13. The number of hydrogen-bond donors (Lipinski definition) is 0. The van der Waals surface area contributed by atoms with Crippen molar-refractivity contribution >= 4 is 5.69 Å². The van der Waals surface area contributed by atoms with E-state index in [4.69, 9.17) is 0 Å². The Kier molecular flexibility index (Phi) is 3.37. The number of nitrogens with zero attached hydrogens (tertiary/aromatic N) is 1. The summed E-state index contributed by atoms with van der Waals surface area (Å²) in [5, 5.41) is 11.0. The summed E-state index contributed by atoms with van der Waals surface area (Å²) in [6.45, 7) is 1.81. The van der Waals surface area contributed by atoms with Crippen LogP contribution in [0, 0.1) is 22.9 Å². The summed E-state index contributed by atoms with van der Waals surface area (Å²) in [5.41, 5.74) is 2.45. The zero-order valence-electron chi connectivity index (χ0n) is 9.89. The fourth-order valence-electron chi connectivity index (χ4n) is 1.82. The lowest BCUT2D eigenvalue weighted by atomic mass is 10.0. The topological polar surface area (TPSA) is 43.1 Å². The van der Waals surface area contributed by atoms with Crippen LogP contribution in [0.15, 0.2) is 42.5 Å². The first-order chi connectivity index (χ1) is 8.56. The first kappa shape index (κ1) is 12.2. The second-order valence-electron chi connectivity index (χ2n) is 4.19. The molecule has 92 valence electrons. The minimum absolute atomic E-state index is 0.110. The van der Waals surface area contributed by atoms with Gasteiger partial charge in [0.25, 0.3) is 5.69 Å². The molecular formula is C14H12FNO2. The molecule has 0 unspecified atom stereocenters. The van der Waals surface area contributed by atoms with Gasteiger partial charge in [-0.15, -0.1) is 0 Å². The smallest absolute Gasteiger partial charge is 0.258 e. The quantitative estimate of drug-likeness (QED) is 0.612. The molecule has 0 aliphatic rings. The van der Waals surface area contributed by atoms with Crippen LogP contribution in [0.1, 0.15) is 16.7 Å². The Morgan fingerprint density at radius 2 is 1.83 bits per heavy atom. The molecule has 18 heavy (non-hydrogen) atoms. The summed E-state index contributed by atoms with van der Waals surface area (Å²) in [5.74, 6) is -0.308. The second-order valence-corrected chi connectivity index (χ2v) is 4.19. The van der Waals surface area contributed by atoms with Crippen LogP contribution in [0.3, 0.4) is 0 Å². The van der Waals surface area contributed by atoms with E-state index in [1.807, 2.05) is 13.0 Å². The Morgan fingerprint density at radius 1 is 1.17 bits per heavy atom. The molecule has 0 heterocycles. The fraction of sp³-hybridized carbons (Fsp3) is 0.143. The number of benzene rings is 2. The zero-order chi connectivity index (χ0) is 13.1. The van der Waals surface area contributed by atoms with Crippen LogP contribution in [0.5, 0.6) is 0 Å². The molecule has 0 amide bonds. The van der Waals surface area contributed by atoms with Crippen molar-refractivity contribution in [1.29, 1.82) is 0 Å². The highest BCUT2D eigenvalue weighted by Crippen LogP contribution is 2.23. The average molecular weight is 245 g/mol. The second kappa shape index (κ2) is 4.96. The third-order valence-corrected chi connectivity index (χ3v) is 2.75. The van der Waals surface area contributed by atoms with E-state index >= 15 is 0 Å². The van der Waals surface area contributed by atoms with Gasteiger partial charge in [0.05, 0.1) is 4.92 Å². The lowest BCUT2D eigenvalue weighted by Gasteiger charge is -2.04. The molecule has 4 heteroatoms. The van der Waals surface area contributed by atoms with Gasteiger partial charge in [-0.1, -0.05) is 24.3 Å². The van der Waals surface area contributed by atoms with Gasteiger partial charge in [-0.05, 0) is 30.2 Å². The number of hydrogen-bond acceptors (Lipinski definition) is 2. The van der Waals surface area contributed by atoms with Gasteiger partial charge in [0.15, 0.2) is 0 Å². The third kappa shape index (κ3) is 2.71. The lowest BCUT2D eigenvalue weighted by molar-refractivity contribution is -0.385. The molecule has 2 aromatic rings. The monoisotopic (exact) mass is 245 g/mol. The standard InChI is InChI=1S/C14H12FNO2/c1-10-2-5-12(14(8-10)16(17)18)9-11-3-6-13(15)7-4-11/h2-8H,9H2,1H3. The molecule has 0 saturated heterocycles. The zero-order valence-corrected chi connectivity index (χ0v) is 9.89. The van der Waals surface area contributed by atoms with Gasteiger partial charge in [-0.2, -0.15) is 0 Å². The van der Waals surface area contributed by atoms with Crippen molar-refractivity contribution in [2.75, 3.05) is 0 Å². The molecule has 0 atom stereocenters. The average Bonchev–Trinajstić information content (AvgIpc) is 2.34. The number of nitro benzene ring substituents is 1. The van der Waals surface area contributed by atoms with E-state index in [0.717, 1.165) is 11.1 Å². The highest BCUT2D eigenvalue weighted by molar-refractivity contribution is 5.45. The van der Waals surface area contributed by atoms with Crippen molar-refractivity contribution in [1.82, 2.24) is 0 Å². The molecule has 0 aliphatic heterocycles. The molecule has 0 aliphatic carbocycles. The summed E-state index contributed by atoms with van der Waals surface area (Å²) in [4.78, 5) is 10.6. The summed E-state index contributed by atoms with van der Waals surface area (Å²) in [6, 6.07) is 11.1. The van der Waals surface area contributed by atoms with Gasteiger partial charge in [-0.25, -0.2) is 4.39 Å².